The quantitative estimate of drug-likeness (QED) is 0.664. The lowest BCUT2D eigenvalue weighted by Gasteiger charge is -2.32. The molecule has 0 amide bonds. The molecular weight excluding hydrogens is 374 g/mol. The van der Waals surface area contributed by atoms with Crippen LogP contribution in [-0.4, -0.2) is 50.1 Å². The summed E-state index contributed by atoms with van der Waals surface area (Å²) >= 11 is 0. The molecule has 0 heterocycles. The van der Waals surface area contributed by atoms with Gasteiger partial charge in [0, 0.05) is 11.1 Å². The molecule has 0 fully saturated rings. The van der Waals surface area contributed by atoms with E-state index in [0.717, 1.165) is 23.6 Å². The third-order valence-corrected chi connectivity index (χ3v) is 4.58. The van der Waals surface area contributed by atoms with Crippen molar-refractivity contribution in [3.05, 3.63) is 59.7 Å². The molecule has 4 nitrogen and oxygen atoms in total. The van der Waals surface area contributed by atoms with Gasteiger partial charge in [0.25, 0.3) is 0 Å². The monoisotopic (exact) mass is 407 g/mol. The van der Waals surface area contributed by atoms with E-state index in [1.165, 1.54) is 5.56 Å². The molecule has 0 saturated heterocycles. The lowest BCUT2D eigenvalue weighted by Crippen LogP contribution is -3.00. The number of rotatable bonds is 8. The van der Waals surface area contributed by atoms with E-state index >= 15 is 0 Å². The van der Waals surface area contributed by atoms with Crippen molar-refractivity contribution >= 4 is 0 Å². The van der Waals surface area contributed by atoms with E-state index in [0.29, 0.717) is 11.0 Å². The molecule has 1 N–H and O–H groups in total. The summed E-state index contributed by atoms with van der Waals surface area (Å²) in [4.78, 5) is 0. The fourth-order valence-corrected chi connectivity index (χ4v) is 3.30. The summed E-state index contributed by atoms with van der Waals surface area (Å²) in [5.41, 5.74) is 2.27. The zero-order chi connectivity index (χ0) is 20.1. The lowest BCUT2D eigenvalue weighted by molar-refractivity contribution is -0.906. The second-order valence-corrected chi connectivity index (χ2v) is 8.84. The molecular formula is C23H34ClNO3. The molecule has 0 radical (unpaired) electrons. The minimum absolute atomic E-state index is 0. The minimum atomic E-state index is -0.543. The van der Waals surface area contributed by atoms with Crippen LogP contribution in [0.5, 0.6) is 11.5 Å². The van der Waals surface area contributed by atoms with E-state index in [2.05, 4.69) is 47.0 Å². The highest BCUT2D eigenvalue weighted by Gasteiger charge is 2.24. The molecule has 0 saturated carbocycles. The third-order valence-electron chi connectivity index (χ3n) is 4.58. The van der Waals surface area contributed by atoms with Crippen LogP contribution in [0.3, 0.4) is 0 Å². The molecule has 2 aromatic rings. The zero-order valence-electron chi connectivity index (χ0n) is 17.9. The van der Waals surface area contributed by atoms with E-state index < -0.39 is 6.10 Å². The number of ether oxygens (including phenoxy) is 2. The van der Waals surface area contributed by atoms with Crippen molar-refractivity contribution in [2.75, 3.05) is 34.4 Å². The summed E-state index contributed by atoms with van der Waals surface area (Å²) in [7, 11) is 5.92. The number of nitrogens with zero attached hydrogens (tertiary/aromatic N) is 1. The van der Waals surface area contributed by atoms with Gasteiger partial charge in [0.1, 0.15) is 37.3 Å². The normalized spacial score (nSPS) is 12.8. The summed E-state index contributed by atoms with van der Waals surface area (Å²) < 4.78 is 12.0. The molecule has 28 heavy (non-hydrogen) atoms. The number of hydrogen-bond donors (Lipinski definition) is 1. The van der Waals surface area contributed by atoms with Gasteiger partial charge in [-0.15, -0.1) is 0 Å². The van der Waals surface area contributed by atoms with Gasteiger partial charge in [-0.05, 0) is 23.6 Å². The van der Waals surface area contributed by atoms with Crippen molar-refractivity contribution in [1.82, 2.24) is 0 Å². The number of likely N-dealkylation sites (N-methyl/N-ethyl adjacent to an activating group) is 1. The SMILES string of the molecule is COc1ccc(OCC(O)C[N+](C)(C)Cc2ccccc2)c(C(C)(C)C)c1.[Cl-]. The fraction of sp³-hybridized carbons (Fsp3) is 0.478. The van der Waals surface area contributed by atoms with Crippen molar-refractivity contribution in [1.29, 1.82) is 0 Å². The van der Waals surface area contributed by atoms with Gasteiger partial charge in [-0.2, -0.15) is 0 Å². The predicted molar refractivity (Wildman–Crippen MR) is 110 cm³/mol. The second-order valence-electron chi connectivity index (χ2n) is 8.84. The molecule has 0 aliphatic carbocycles. The standard InChI is InChI=1S/C23H34NO3.ClH/c1-23(2,3)21-14-20(26-6)12-13-22(21)27-17-19(25)16-24(4,5)15-18-10-8-7-9-11-18;/h7-14,19,25H,15-17H2,1-6H3;1H/q+1;/p-1. The Bertz CT molecular complexity index is 726. The van der Waals surface area contributed by atoms with Crippen LogP contribution in [0.4, 0.5) is 0 Å². The minimum Gasteiger partial charge on any atom is -1.00 e. The van der Waals surface area contributed by atoms with Crippen molar-refractivity contribution in [3.63, 3.8) is 0 Å². The average Bonchev–Trinajstić information content (AvgIpc) is 2.59. The molecule has 0 bridgehead atoms. The van der Waals surface area contributed by atoms with Crippen LogP contribution in [0.1, 0.15) is 31.9 Å². The first-order chi connectivity index (χ1) is 12.6. The molecule has 156 valence electrons. The van der Waals surface area contributed by atoms with E-state index in [9.17, 15) is 5.11 Å². The molecule has 5 heteroatoms. The summed E-state index contributed by atoms with van der Waals surface area (Å²) in [5, 5.41) is 10.6. The third kappa shape index (κ3) is 7.34. The molecule has 2 aromatic carbocycles. The summed E-state index contributed by atoms with van der Waals surface area (Å²) in [5.74, 6) is 1.62. The van der Waals surface area contributed by atoms with E-state index in [1.54, 1.807) is 7.11 Å². The number of halogens is 1. The van der Waals surface area contributed by atoms with Gasteiger partial charge in [0.05, 0.1) is 21.2 Å². The first-order valence-corrected chi connectivity index (χ1v) is 9.46. The zero-order valence-corrected chi connectivity index (χ0v) is 18.7. The van der Waals surface area contributed by atoms with Crippen LogP contribution in [0.2, 0.25) is 0 Å². The average molecular weight is 408 g/mol. The first kappa shape index (κ1) is 24.3. The van der Waals surface area contributed by atoms with E-state index in [-0.39, 0.29) is 24.4 Å². The Morgan fingerprint density at radius 1 is 1.04 bits per heavy atom. The Morgan fingerprint density at radius 3 is 2.25 bits per heavy atom. The highest BCUT2D eigenvalue weighted by atomic mass is 35.5. The molecule has 1 atom stereocenters. The van der Waals surface area contributed by atoms with Crippen LogP contribution in [0.25, 0.3) is 0 Å². The van der Waals surface area contributed by atoms with E-state index in [4.69, 9.17) is 9.47 Å². The molecule has 0 aromatic heterocycles. The topological polar surface area (TPSA) is 38.7 Å². The summed E-state index contributed by atoms with van der Waals surface area (Å²) in [6, 6.07) is 16.2. The number of methoxy groups -OCH3 is 1. The maximum Gasteiger partial charge on any atom is 0.137 e. The van der Waals surface area contributed by atoms with Crippen molar-refractivity contribution in [2.45, 2.75) is 38.8 Å². The van der Waals surface area contributed by atoms with Crippen LogP contribution in [0, 0.1) is 0 Å². The number of aliphatic hydroxyl groups is 1. The Hall–Kier alpha value is -1.75. The first-order valence-electron chi connectivity index (χ1n) is 9.46. The summed E-state index contributed by atoms with van der Waals surface area (Å²) in [6.45, 7) is 8.19. The lowest BCUT2D eigenvalue weighted by atomic mass is 9.86. The van der Waals surface area contributed by atoms with Gasteiger partial charge in [-0.1, -0.05) is 51.1 Å². The second kappa shape index (κ2) is 10.1. The van der Waals surface area contributed by atoms with Crippen LogP contribution >= 0.6 is 0 Å². The Kier molecular flexibility index (Phi) is 8.80. The molecule has 0 aliphatic rings. The van der Waals surface area contributed by atoms with Gasteiger partial charge in [-0.3, -0.25) is 0 Å². The van der Waals surface area contributed by atoms with Gasteiger partial charge in [0.2, 0.25) is 0 Å². The maximum absolute atomic E-state index is 10.6. The van der Waals surface area contributed by atoms with Crippen LogP contribution in [-0.2, 0) is 12.0 Å². The van der Waals surface area contributed by atoms with Crippen LogP contribution < -0.4 is 21.9 Å². The van der Waals surface area contributed by atoms with Crippen LogP contribution in [0.15, 0.2) is 48.5 Å². The van der Waals surface area contributed by atoms with Crippen molar-refractivity contribution in [3.8, 4) is 11.5 Å². The summed E-state index contributed by atoms with van der Waals surface area (Å²) in [6.07, 6.45) is -0.543. The maximum atomic E-state index is 10.6. The highest BCUT2D eigenvalue weighted by Crippen LogP contribution is 2.34. The number of hydrogen-bond acceptors (Lipinski definition) is 3. The fourth-order valence-electron chi connectivity index (χ4n) is 3.30. The van der Waals surface area contributed by atoms with Crippen molar-refractivity contribution in [2.24, 2.45) is 0 Å². The number of benzene rings is 2. The largest absolute Gasteiger partial charge is 1.00 e. The molecule has 2 rings (SSSR count). The molecule has 0 aliphatic heterocycles. The molecule has 1 unspecified atom stereocenters. The van der Waals surface area contributed by atoms with E-state index in [1.807, 2.05) is 36.4 Å². The smallest absolute Gasteiger partial charge is 0.137 e. The Balaban J connectivity index is 0.00000392. The highest BCUT2D eigenvalue weighted by molar-refractivity contribution is 5.44. The predicted octanol–water partition coefficient (Wildman–Crippen LogP) is 1.01. The van der Waals surface area contributed by atoms with Gasteiger partial charge in [-0.25, -0.2) is 0 Å². The Labute approximate surface area is 176 Å². The van der Waals surface area contributed by atoms with Gasteiger partial charge >= 0.3 is 0 Å². The molecule has 0 spiro atoms. The van der Waals surface area contributed by atoms with Gasteiger partial charge in [0.15, 0.2) is 0 Å². The van der Waals surface area contributed by atoms with Crippen molar-refractivity contribution < 1.29 is 31.5 Å². The Morgan fingerprint density at radius 2 is 1.68 bits per heavy atom. The number of quaternary nitrogens is 1. The number of aliphatic hydroxyl groups excluding tert-OH is 1. The van der Waals surface area contributed by atoms with Gasteiger partial charge < -0.3 is 31.5 Å².